The maximum atomic E-state index is 3.54. The standard InChI is InChI=1S/C13H26N2/c1-12-10-15(11-14-12)13-8-6-4-2-3-5-7-9-13/h12-14H,2-11H2,1H3. The Labute approximate surface area is 94.4 Å². The van der Waals surface area contributed by atoms with Crippen molar-refractivity contribution in [2.24, 2.45) is 0 Å². The second kappa shape index (κ2) is 5.86. The van der Waals surface area contributed by atoms with Crippen molar-refractivity contribution in [2.45, 2.75) is 70.4 Å². The van der Waals surface area contributed by atoms with E-state index >= 15 is 0 Å². The maximum absolute atomic E-state index is 3.54. The van der Waals surface area contributed by atoms with Crippen molar-refractivity contribution >= 4 is 0 Å². The van der Waals surface area contributed by atoms with Crippen LogP contribution in [0.3, 0.4) is 0 Å². The molecule has 1 aliphatic heterocycles. The second-order valence-electron chi connectivity index (χ2n) is 5.39. The molecule has 2 fully saturated rings. The molecule has 0 aromatic heterocycles. The van der Waals surface area contributed by atoms with Crippen molar-refractivity contribution in [1.82, 2.24) is 10.2 Å². The van der Waals surface area contributed by atoms with E-state index < -0.39 is 0 Å². The van der Waals surface area contributed by atoms with Gasteiger partial charge >= 0.3 is 0 Å². The molecule has 0 spiro atoms. The lowest BCUT2D eigenvalue weighted by atomic mass is 10.0. The van der Waals surface area contributed by atoms with Gasteiger partial charge in [-0.2, -0.15) is 0 Å². The molecule has 0 aromatic carbocycles. The summed E-state index contributed by atoms with van der Waals surface area (Å²) in [6, 6.07) is 1.58. The number of nitrogens with zero attached hydrogens (tertiary/aromatic N) is 1. The largest absolute Gasteiger partial charge is 0.300 e. The highest BCUT2D eigenvalue weighted by Gasteiger charge is 2.24. The summed E-state index contributed by atoms with van der Waals surface area (Å²) in [5.41, 5.74) is 0. The topological polar surface area (TPSA) is 15.3 Å². The molecular weight excluding hydrogens is 184 g/mol. The summed E-state index contributed by atoms with van der Waals surface area (Å²) in [6.45, 7) is 4.70. The Morgan fingerprint density at radius 3 is 2.07 bits per heavy atom. The molecule has 1 saturated carbocycles. The van der Waals surface area contributed by atoms with Crippen LogP contribution in [0.15, 0.2) is 0 Å². The monoisotopic (exact) mass is 210 g/mol. The van der Waals surface area contributed by atoms with Gasteiger partial charge in [-0.25, -0.2) is 0 Å². The van der Waals surface area contributed by atoms with Gasteiger partial charge in [-0.3, -0.25) is 4.90 Å². The van der Waals surface area contributed by atoms with Gasteiger partial charge in [0.1, 0.15) is 0 Å². The third kappa shape index (κ3) is 3.46. The average molecular weight is 210 g/mol. The highest BCUT2D eigenvalue weighted by atomic mass is 15.3. The van der Waals surface area contributed by atoms with Crippen molar-refractivity contribution in [3.63, 3.8) is 0 Å². The normalized spacial score (nSPS) is 32.2. The molecule has 1 unspecified atom stereocenters. The van der Waals surface area contributed by atoms with Crippen molar-refractivity contribution in [2.75, 3.05) is 13.2 Å². The first-order chi connectivity index (χ1) is 7.36. The van der Waals surface area contributed by atoms with Crippen LogP contribution in [0.25, 0.3) is 0 Å². The summed E-state index contributed by atoms with van der Waals surface area (Å²) in [5.74, 6) is 0. The van der Waals surface area contributed by atoms with E-state index in [0.29, 0.717) is 6.04 Å². The Bertz CT molecular complexity index is 171. The highest BCUT2D eigenvalue weighted by molar-refractivity contribution is 4.81. The molecule has 1 heterocycles. The van der Waals surface area contributed by atoms with Crippen LogP contribution in [0, 0.1) is 0 Å². The predicted octanol–water partition coefficient (Wildman–Crippen LogP) is 2.74. The predicted molar refractivity (Wildman–Crippen MR) is 64.9 cm³/mol. The molecule has 0 radical (unpaired) electrons. The molecule has 2 nitrogen and oxygen atoms in total. The minimum atomic E-state index is 0.706. The minimum absolute atomic E-state index is 0.706. The van der Waals surface area contributed by atoms with E-state index in [2.05, 4.69) is 17.1 Å². The van der Waals surface area contributed by atoms with Gasteiger partial charge in [-0.1, -0.05) is 38.5 Å². The van der Waals surface area contributed by atoms with E-state index in [1.54, 1.807) is 0 Å². The fourth-order valence-corrected chi connectivity index (χ4v) is 3.01. The summed E-state index contributed by atoms with van der Waals surface area (Å²) in [6.07, 6.45) is 11.7. The van der Waals surface area contributed by atoms with Crippen LogP contribution in [0.5, 0.6) is 0 Å². The zero-order valence-corrected chi connectivity index (χ0v) is 10.2. The smallest absolute Gasteiger partial charge is 0.0486 e. The van der Waals surface area contributed by atoms with Crippen LogP contribution >= 0.6 is 0 Å². The zero-order valence-electron chi connectivity index (χ0n) is 10.2. The number of rotatable bonds is 1. The van der Waals surface area contributed by atoms with Crippen LogP contribution in [0.4, 0.5) is 0 Å². The fraction of sp³-hybridized carbons (Fsp3) is 1.00. The van der Waals surface area contributed by atoms with E-state index in [4.69, 9.17) is 0 Å². The molecule has 2 heteroatoms. The molecule has 0 amide bonds. The van der Waals surface area contributed by atoms with Gasteiger partial charge < -0.3 is 5.32 Å². The first-order valence-electron chi connectivity index (χ1n) is 6.83. The van der Waals surface area contributed by atoms with Gasteiger partial charge in [-0.05, 0) is 19.8 Å². The average Bonchev–Trinajstić information content (AvgIpc) is 2.69. The molecule has 2 aliphatic rings. The van der Waals surface area contributed by atoms with Crippen molar-refractivity contribution in [3.8, 4) is 0 Å². The Morgan fingerprint density at radius 1 is 0.933 bits per heavy atom. The van der Waals surface area contributed by atoms with E-state index in [-0.39, 0.29) is 0 Å². The van der Waals surface area contributed by atoms with Crippen LogP contribution in [-0.4, -0.2) is 30.2 Å². The molecule has 15 heavy (non-hydrogen) atoms. The summed E-state index contributed by atoms with van der Waals surface area (Å²) in [7, 11) is 0. The quantitative estimate of drug-likeness (QED) is 0.716. The Hall–Kier alpha value is -0.0800. The van der Waals surface area contributed by atoms with Crippen LogP contribution < -0.4 is 5.32 Å². The van der Waals surface area contributed by atoms with Gasteiger partial charge in [0.2, 0.25) is 0 Å². The van der Waals surface area contributed by atoms with Crippen molar-refractivity contribution in [1.29, 1.82) is 0 Å². The van der Waals surface area contributed by atoms with Gasteiger partial charge in [0, 0.05) is 25.3 Å². The Kier molecular flexibility index (Phi) is 4.45. The Balaban J connectivity index is 1.82. The van der Waals surface area contributed by atoms with Gasteiger partial charge in [0.25, 0.3) is 0 Å². The molecular formula is C13H26N2. The van der Waals surface area contributed by atoms with Crippen molar-refractivity contribution < 1.29 is 0 Å². The lowest BCUT2D eigenvalue weighted by Crippen LogP contribution is -2.34. The molecule has 1 saturated heterocycles. The van der Waals surface area contributed by atoms with Crippen LogP contribution in [0.1, 0.15) is 58.3 Å². The molecule has 1 aliphatic carbocycles. The zero-order chi connectivity index (χ0) is 10.5. The third-order valence-electron chi connectivity index (χ3n) is 3.99. The summed E-state index contributed by atoms with van der Waals surface area (Å²) < 4.78 is 0. The van der Waals surface area contributed by atoms with Crippen molar-refractivity contribution in [3.05, 3.63) is 0 Å². The summed E-state index contributed by atoms with van der Waals surface area (Å²) in [4.78, 5) is 2.68. The van der Waals surface area contributed by atoms with Crippen LogP contribution in [-0.2, 0) is 0 Å². The molecule has 1 N–H and O–H groups in total. The van der Waals surface area contributed by atoms with E-state index in [1.807, 2.05) is 0 Å². The molecule has 0 bridgehead atoms. The lowest BCUT2D eigenvalue weighted by Gasteiger charge is -2.26. The molecule has 0 aromatic rings. The van der Waals surface area contributed by atoms with Gasteiger partial charge in [0.05, 0.1) is 0 Å². The number of hydrogen-bond acceptors (Lipinski definition) is 2. The third-order valence-corrected chi connectivity index (χ3v) is 3.99. The minimum Gasteiger partial charge on any atom is -0.300 e. The SMILES string of the molecule is CC1CN(C2CCCCCCCC2)CN1. The Morgan fingerprint density at radius 2 is 1.53 bits per heavy atom. The van der Waals surface area contributed by atoms with Crippen LogP contribution in [0.2, 0.25) is 0 Å². The van der Waals surface area contributed by atoms with E-state index in [9.17, 15) is 0 Å². The van der Waals surface area contributed by atoms with E-state index in [0.717, 1.165) is 12.7 Å². The van der Waals surface area contributed by atoms with Gasteiger partial charge in [0.15, 0.2) is 0 Å². The number of hydrogen-bond donors (Lipinski definition) is 1. The lowest BCUT2D eigenvalue weighted by molar-refractivity contribution is 0.209. The summed E-state index contributed by atoms with van der Waals surface area (Å²) in [5, 5.41) is 3.54. The van der Waals surface area contributed by atoms with Gasteiger partial charge in [-0.15, -0.1) is 0 Å². The highest BCUT2D eigenvalue weighted by Crippen LogP contribution is 2.22. The summed E-state index contributed by atoms with van der Waals surface area (Å²) >= 11 is 0. The molecule has 1 atom stereocenters. The van der Waals surface area contributed by atoms with E-state index in [1.165, 1.54) is 57.9 Å². The maximum Gasteiger partial charge on any atom is 0.0486 e. The fourth-order valence-electron chi connectivity index (χ4n) is 3.01. The number of nitrogens with one attached hydrogen (secondary N) is 1. The molecule has 2 rings (SSSR count). The second-order valence-corrected chi connectivity index (χ2v) is 5.39. The first kappa shape index (κ1) is 11.4. The molecule has 88 valence electrons. The first-order valence-corrected chi connectivity index (χ1v) is 6.83.